The van der Waals surface area contributed by atoms with Crippen LogP contribution >= 0.6 is 0 Å². The molecular formula is C35H41F3N7O2+. The molecule has 1 aliphatic rings. The summed E-state index contributed by atoms with van der Waals surface area (Å²) in [6.45, 7) is 6.79. The van der Waals surface area contributed by atoms with Crippen molar-refractivity contribution in [3.8, 4) is 28.8 Å². The van der Waals surface area contributed by atoms with Gasteiger partial charge in [-0.25, -0.2) is 14.0 Å². The van der Waals surface area contributed by atoms with Crippen LogP contribution in [-0.4, -0.2) is 68.6 Å². The standard InChI is InChI=1S/C35H41F3N7O2/c1-6-45(4,5)30-16-12-26(13-17-30)23(2)40-22-32(46)43-33(31-18-19-41-44(31)28-14-10-25(21-39)11-15-28)24(3)42(34(43)47)29-9-7-8-27(20-29)35(36,37)38/h7-11,14-15,18-20,23,26,30,40H,6,12-13,16-17,22H2,1-5H3/q+1/t23-,26?,30?/m1/s1. The molecule has 0 spiro atoms. The second-order valence-electron chi connectivity index (χ2n) is 12.9. The third-order valence-corrected chi connectivity index (χ3v) is 9.92. The van der Waals surface area contributed by atoms with Crippen molar-refractivity contribution < 1.29 is 22.4 Å². The number of nitrogens with zero attached hydrogens (tertiary/aromatic N) is 6. The molecule has 1 aliphatic carbocycles. The van der Waals surface area contributed by atoms with Gasteiger partial charge in [0.15, 0.2) is 0 Å². The number of hydrogen-bond donors (Lipinski definition) is 1. The number of halogens is 3. The fraction of sp³-hybridized carbons (Fsp3) is 0.429. The Balaban J connectivity index is 1.51. The summed E-state index contributed by atoms with van der Waals surface area (Å²) in [4.78, 5) is 28.1. The van der Waals surface area contributed by atoms with E-state index in [4.69, 9.17) is 0 Å². The molecule has 1 fully saturated rings. The van der Waals surface area contributed by atoms with E-state index in [1.54, 1.807) is 37.3 Å². The lowest BCUT2D eigenvalue weighted by molar-refractivity contribution is -0.914. The molecule has 0 unspecified atom stereocenters. The number of benzene rings is 2. The Morgan fingerprint density at radius 1 is 1.09 bits per heavy atom. The number of rotatable bonds is 9. The zero-order chi connectivity index (χ0) is 34.1. The van der Waals surface area contributed by atoms with Crippen LogP contribution in [0.25, 0.3) is 22.8 Å². The van der Waals surface area contributed by atoms with E-state index in [2.05, 4.69) is 44.4 Å². The van der Waals surface area contributed by atoms with Gasteiger partial charge in [0.2, 0.25) is 5.91 Å². The zero-order valence-corrected chi connectivity index (χ0v) is 27.4. The van der Waals surface area contributed by atoms with Crippen LogP contribution in [0, 0.1) is 24.2 Å². The maximum Gasteiger partial charge on any atom is 0.416 e. The van der Waals surface area contributed by atoms with Crippen molar-refractivity contribution in [3.05, 3.63) is 88.1 Å². The maximum absolute atomic E-state index is 14.1. The van der Waals surface area contributed by atoms with Crippen molar-refractivity contribution in [2.75, 3.05) is 27.2 Å². The van der Waals surface area contributed by atoms with Crippen LogP contribution in [0.1, 0.15) is 61.1 Å². The van der Waals surface area contributed by atoms with Crippen LogP contribution in [-0.2, 0) is 6.18 Å². The highest BCUT2D eigenvalue weighted by Gasteiger charge is 2.35. The number of carbonyl (C=O) groups excluding carboxylic acids is 1. The van der Waals surface area contributed by atoms with E-state index in [9.17, 15) is 28.0 Å². The molecule has 1 saturated carbocycles. The van der Waals surface area contributed by atoms with E-state index in [1.165, 1.54) is 23.0 Å². The average molecular weight is 649 g/mol. The Morgan fingerprint density at radius 2 is 1.77 bits per heavy atom. The molecule has 248 valence electrons. The summed E-state index contributed by atoms with van der Waals surface area (Å²) in [5.41, 5.74) is 0.226. The van der Waals surface area contributed by atoms with E-state index in [0.29, 0.717) is 28.9 Å². The van der Waals surface area contributed by atoms with Gasteiger partial charge in [0.25, 0.3) is 0 Å². The van der Waals surface area contributed by atoms with Gasteiger partial charge in [-0.3, -0.25) is 9.36 Å². The van der Waals surface area contributed by atoms with Gasteiger partial charge in [-0.2, -0.15) is 23.5 Å². The molecule has 0 aliphatic heterocycles. The minimum Gasteiger partial charge on any atom is -0.326 e. The fourth-order valence-electron chi connectivity index (χ4n) is 6.68. The van der Waals surface area contributed by atoms with E-state index in [1.807, 2.05) is 0 Å². The van der Waals surface area contributed by atoms with Crippen LogP contribution in [0.5, 0.6) is 0 Å². The fourth-order valence-corrected chi connectivity index (χ4v) is 6.68. The van der Waals surface area contributed by atoms with Gasteiger partial charge < -0.3 is 9.80 Å². The molecule has 47 heavy (non-hydrogen) atoms. The highest BCUT2D eigenvalue weighted by Crippen LogP contribution is 2.33. The molecule has 12 heteroatoms. The molecule has 1 N–H and O–H groups in total. The van der Waals surface area contributed by atoms with Crippen LogP contribution in [0.3, 0.4) is 0 Å². The van der Waals surface area contributed by atoms with Gasteiger partial charge in [0.1, 0.15) is 0 Å². The summed E-state index contributed by atoms with van der Waals surface area (Å²) in [5.74, 6) is -0.155. The second kappa shape index (κ2) is 13.3. The number of nitrogens with one attached hydrogen (secondary N) is 1. The van der Waals surface area contributed by atoms with Crippen molar-refractivity contribution >= 4 is 5.91 Å². The van der Waals surface area contributed by atoms with E-state index >= 15 is 0 Å². The number of hydrogen-bond acceptors (Lipinski definition) is 5. The molecule has 2 heterocycles. The lowest BCUT2D eigenvalue weighted by atomic mass is 9.81. The van der Waals surface area contributed by atoms with Crippen LogP contribution in [0.4, 0.5) is 13.2 Å². The molecule has 9 nitrogen and oxygen atoms in total. The summed E-state index contributed by atoms with van der Waals surface area (Å²) in [6.07, 6.45) is 1.18. The first-order valence-electron chi connectivity index (χ1n) is 15.9. The van der Waals surface area contributed by atoms with E-state index in [0.717, 1.165) is 58.0 Å². The van der Waals surface area contributed by atoms with Gasteiger partial charge in [0, 0.05) is 6.04 Å². The lowest BCUT2D eigenvalue weighted by Crippen LogP contribution is -2.51. The number of imidazole rings is 1. The molecule has 0 radical (unpaired) electrons. The molecule has 0 bridgehead atoms. The monoisotopic (exact) mass is 648 g/mol. The third-order valence-electron chi connectivity index (χ3n) is 9.92. The predicted octanol–water partition coefficient (Wildman–Crippen LogP) is 5.96. The Hall–Kier alpha value is -4.47. The van der Waals surface area contributed by atoms with Gasteiger partial charge in [0.05, 0.1) is 85.1 Å². The van der Waals surface area contributed by atoms with Gasteiger partial charge >= 0.3 is 11.9 Å². The first-order chi connectivity index (χ1) is 22.3. The SMILES string of the molecule is CC[N+](C)(C)C1CCC([C@@H](C)NCC(=O)n2c(-c3ccnn3-c3ccc(C#N)cc3)c(C)n(-c3cccc(C(F)(F)F)c3)c2=O)CC1. The number of nitriles is 1. The van der Waals surface area contributed by atoms with Gasteiger partial charge in [-0.05, 0) is 101 Å². The normalized spacial score (nSPS) is 17.8. The third kappa shape index (κ3) is 6.82. The molecule has 0 amide bonds. The minimum absolute atomic E-state index is 0.00828. The average Bonchev–Trinajstić information content (AvgIpc) is 3.64. The number of carbonyl (C=O) groups is 1. The molecule has 1 atom stereocenters. The van der Waals surface area contributed by atoms with Crippen molar-refractivity contribution in [2.24, 2.45) is 5.92 Å². The minimum atomic E-state index is -4.62. The maximum atomic E-state index is 14.1. The van der Waals surface area contributed by atoms with Crippen LogP contribution < -0.4 is 11.0 Å². The van der Waals surface area contributed by atoms with Crippen LogP contribution in [0.15, 0.2) is 65.6 Å². The molecule has 4 aromatic rings. The molecule has 2 aromatic carbocycles. The van der Waals surface area contributed by atoms with Gasteiger partial charge in [-0.1, -0.05) is 6.07 Å². The van der Waals surface area contributed by atoms with E-state index < -0.39 is 23.3 Å². The molecule has 2 aromatic heterocycles. The van der Waals surface area contributed by atoms with Crippen molar-refractivity contribution in [3.63, 3.8) is 0 Å². The number of alkyl halides is 3. The quantitative estimate of drug-likeness (QED) is 0.226. The molecule has 0 saturated heterocycles. The Morgan fingerprint density at radius 3 is 2.38 bits per heavy atom. The zero-order valence-electron chi connectivity index (χ0n) is 27.4. The first-order valence-corrected chi connectivity index (χ1v) is 15.9. The van der Waals surface area contributed by atoms with Crippen molar-refractivity contribution in [2.45, 2.75) is 64.7 Å². The van der Waals surface area contributed by atoms with Crippen LogP contribution in [0.2, 0.25) is 0 Å². The highest BCUT2D eigenvalue weighted by atomic mass is 19.4. The highest BCUT2D eigenvalue weighted by molar-refractivity contribution is 5.86. The van der Waals surface area contributed by atoms with Crippen molar-refractivity contribution in [1.29, 1.82) is 5.26 Å². The Labute approximate surface area is 272 Å². The predicted molar refractivity (Wildman–Crippen MR) is 174 cm³/mol. The van der Waals surface area contributed by atoms with E-state index in [-0.39, 0.29) is 29.7 Å². The van der Waals surface area contributed by atoms with Crippen molar-refractivity contribution in [1.82, 2.24) is 24.2 Å². The summed E-state index contributed by atoms with van der Waals surface area (Å²) in [6, 6.07) is 15.5. The summed E-state index contributed by atoms with van der Waals surface area (Å²) < 4.78 is 45.7. The summed E-state index contributed by atoms with van der Waals surface area (Å²) in [5, 5.41) is 17.0. The summed E-state index contributed by atoms with van der Waals surface area (Å²) >= 11 is 0. The molecular weight excluding hydrogens is 607 g/mol. The molecule has 5 rings (SSSR count). The Bertz CT molecular complexity index is 1840. The first kappa shape index (κ1) is 33.9. The lowest BCUT2D eigenvalue weighted by Gasteiger charge is -2.42. The Kier molecular flexibility index (Phi) is 9.61. The second-order valence-corrected chi connectivity index (χ2v) is 12.9. The number of aromatic nitrogens is 4. The number of quaternary nitrogens is 1. The van der Waals surface area contributed by atoms with Gasteiger partial charge in [-0.15, -0.1) is 0 Å². The summed E-state index contributed by atoms with van der Waals surface area (Å²) in [7, 11) is 4.53. The topological polar surface area (TPSA) is 97.6 Å². The smallest absolute Gasteiger partial charge is 0.326 e. The largest absolute Gasteiger partial charge is 0.416 e.